The van der Waals surface area contributed by atoms with Gasteiger partial charge in [-0.2, -0.15) is 0 Å². The Hall–Kier alpha value is -4.53. The molecule has 0 unspecified atom stereocenters. The molecule has 214 valence electrons. The number of aromatic nitrogens is 4. The summed E-state index contributed by atoms with van der Waals surface area (Å²) in [5.74, 6) is -0.423. The maximum Gasteiger partial charge on any atom is 0.335 e. The summed E-state index contributed by atoms with van der Waals surface area (Å²) in [5, 5.41) is 13.8. The zero-order chi connectivity index (χ0) is 29.2. The molecule has 0 aliphatic heterocycles. The number of amides is 1. The van der Waals surface area contributed by atoms with Crippen LogP contribution in [0.3, 0.4) is 0 Å². The van der Waals surface area contributed by atoms with Crippen LogP contribution in [0.5, 0.6) is 0 Å². The lowest BCUT2D eigenvalue weighted by Crippen LogP contribution is -2.52. The van der Waals surface area contributed by atoms with Crippen molar-refractivity contribution in [3.05, 3.63) is 83.1 Å². The minimum atomic E-state index is -0.999. The van der Waals surface area contributed by atoms with E-state index < -0.39 is 11.5 Å². The molecule has 9 heteroatoms. The first-order valence-corrected chi connectivity index (χ1v) is 14.5. The largest absolute Gasteiger partial charge is 0.478 e. The summed E-state index contributed by atoms with van der Waals surface area (Å²) in [6, 6.07) is 14.0. The Morgan fingerprint density at radius 1 is 0.952 bits per heavy atom. The molecule has 42 heavy (non-hydrogen) atoms. The van der Waals surface area contributed by atoms with Gasteiger partial charge in [-0.25, -0.2) is 14.2 Å². The van der Waals surface area contributed by atoms with Gasteiger partial charge < -0.3 is 19.6 Å². The fourth-order valence-electron chi connectivity index (χ4n) is 7.05. The van der Waals surface area contributed by atoms with Crippen LogP contribution in [-0.2, 0) is 19.6 Å². The molecule has 0 spiro atoms. The molecule has 3 heterocycles. The fraction of sp³-hybridized carbons (Fsp3) is 0.333. The standard InChI is InChI=1S/C33H32FN5O3/c1-38-27-17-20(8-11-23(27)28(19-6-3-4-7-19)29(38)24-12-10-22(34)18-35-24)30(40)37-33(14-5-15-33)32-36-25-16-21(31(41)42)9-13-26(25)39(32)2/h8-13,16-19H,3-7,14-15H2,1-2H3,(H,37,40)(H,41,42). The van der Waals surface area contributed by atoms with Gasteiger partial charge in [0, 0.05) is 30.6 Å². The van der Waals surface area contributed by atoms with Crippen molar-refractivity contribution in [1.29, 1.82) is 0 Å². The number of rotatable bonds is 6. The normalized spacial score (nSPS) is 16.6. The zero-order valence-corrected chi connectivity index (χ0v) is 23.7. The highest BCUT2D eigenvalue weighted by Crippen LogP contribution is 2.45. The van der Waals surface area contributed by atoms with E-state index in [9.17, 15) is 19.1 Å². The predicted molar refractivity (Wildman–Crippen MR) is 158 cm³/mol. The van der Waals surface area contributed by atoms with Gasteiger partial charge in [-0.3, -0.25) is 9.78 Å². The van der Waals surface area contributed by atoms with Crippen molar-refractivity contribution < 1.29 is 19.1 Å². The first kappa shape index (κ1) is 26.4. The molecule has 3 aromatic heterocycles. The van der Waals surface area contributed by atoms with Crippen LogP contribution in [0, 0.1) is 5.82 Å². The van der Waals surface area contributed by atoms with E-state index in [-0.39, 0.29) is 17.3 Å². The van der Waals surface area contributed by atoms with E-state index in [1.54, 1.807) is 24.3 Å². The van der Waals surface area contributed by atoms with Gasteiger partial charge in [0.2, 0.25) is 0 Å². The van der Waals surface area contributed by atoms with Gasteiger partial charge in [-0.1, -0.05) is 18.9 Å². The van der Waals surface area contributed by atoms with Crippen LogP contribution in [0.15, 0.2) is 54.7 Å². The molecule has 2 aliphatic rings. The number of imidazole rings is 1. The molecule has 2 aromatic carbocycles. The Morgan fingerprint density at radius 3 is 2.38 bits per heavy atom. The molecular weight excluding hydrogens is 533 g/mol. The maximum atomic E-state index is 13.8. The van der Waals surface area contributed by atoms with Crippen LogP contribution >= 0.6 is 0 Å². The molecule has 2 N–H and O–H groups in total. The van der Waals surface area contributed by atoms with Crippen molar-refractivity contribution in [2.45, 2.75) is 56.4 Å². The molecule has 2 saturated carbocycles. The van der Waals surface area contributed by atoms with Crippen LogP contribution in [0.4, 0.5) is 4.39 Å². The average molecular weight is 566 g/mol. The smallest absolute Gasteiger partial charge is 0.335 e. The number of halogens is 1. The van der Waals surface area contributed by atoms with Crippen LogP contribution in [-0.4, -0.2) is 36.1 Å². The summed E-state index contributed by atoms with van der Waals surface area (Å²) in [6.07, 6.45) is 8.28. The Bertz CT molecular complexity index is 1880. The van der Waals surface area contributed by atoms with E-state index in [1.165, 1.54) is 30.7 Å². The van der Waals surface area contributed by atoms with Gasteiger partial charge in [0.15, 0.2) is 0 Å². The minimum Gasteiger partial charge on any atom is -0.478 e. The van der Waals surface area contributed by atoms with E-state index in [2.05, 4.69) is 14.9 Å². The molecule has 0 saturated heterocycles. The highest BCUT2D eigenvalue weighted by Gasteiger charge is 2.44. The number of carboxylic acid groups (broad SMARTS) is 1. The summed E-state index contributed by atoms with van der Waals surface area (Å²) >= 11 is 0. The number of fused-ring (bicyclic) bond motifs is 2. The van der Waals surface area contributed by atoms with Crippen molar-refractivity contribution in [3.63, 3.8) is 0 Å². The second-order valence-electron chi connectivity index (χ2n) is 11.8. The van der Waals surface area contributed by atoms with Gasteiger partial charge in [0.1, 0.15) is 11.6 Å². The molecule has 1 amide bonds. The zero-order valence-electron chi connectivity index (χ0n) is 23.7. The van der Waals surface area contributed by atoms with Crippen LogP contribution < -0.4 is 5.32 Å². The lowest BCUT2D eigenvalue weighted by Gasteiger charge is -2.41. The van der Waals surface area contributed by atoms with E-state index in [0.29, 0.717) is 17.0 Å². The number of pyridine rings is 1. The number of hydrogen-bond acceptors (Lipinski definition) is 4. The Kier molecular flexibility index (Phi) is 6.15. The highest BCUT2D eigenvalue weighted by atomic mass is 19.1. The third kappa shape index (κ3) is 4.09. The van der Waals surface area contributed by atoms with Crippen LogP contribution in [0.2, 0.25) is 0 Å². The summed E-state index contributed by atoms with van der Waals surface area (Å²) < 4.78 is 17.8. The first-order valence-electron chi connectivity index (χ1n) is 14.5. The minimum absolute atomic E-state index is 0.181. The number of nitrogens with one attached hydrogen (secondary N) is 1. The molecule has 7 rings (SSSR count). The van der Waals surface area contributed by atoms with Crippen molar-refractivity contribution >= 4 is 33.8 Å². The predicted octanol–water partition coefficient (Wildman–Crippen LogP) is 6.43. The number of benzene rings is 2. The van der Waals surface area contributed by atoms with Crippen molar-refractivity contribution in [3.8, 4) is 11.4 Å². The van der Waals surface area contributed by atoms with Crippen LogP contribution in [0.25, 0.3) is 33.3 Å². The number of carbonyl (C=O) groups excluding carboxylic acids is 1. The SMILES string of the molecule is Cn1c(C2(NC(=O)c3ccc4c(C5CCCC5)c(-c5ccc(F)cn5)n(C)c4c3)CCC2)nc2cc(C(=O)O)ccc21. The lowest BCUT2D eigenvalue weighted by atomic mass is 9.75. The second kappa shape index (κ2) is 9.79. The monoisotopic (exact) mass is 565 g/mol. The van der Waals surface area contributed by atoms with Crippen LogP contribution in [0.1, 0.15) is 83.0 Å². The second-order valence-corrected chi connectivity index (χ2v) is 11.8. The third-order valence-corrected chi connectivity index (χ3v) is 9.35. The van der Waals surface area contributed by atoms with E-state index in [1.807, 2.05) is 36.9 Å². The van der Waals surface area contributed by atoms with Crippen molar-refractivity contribution in [1.82, 2.24) is 24.4 Å². The Morgan fingerprint density at radius 2 is 1.71 bits per heavy atom. The van der Waals surface area contributed by atoms with Gasteiger partial charge in [0.25, 0.3) is 5.91 Å². The van der Waals surface area contributed by atoms with Gasteiger partial charge in [0.05, 0.1) is 39.7 Å². The topological polar surface area (TPSA) is 102 Å². The maximum absolute atomic E-state index is 13.8. The number of hydrogen-bond donors (Lipinski definition) is 2. The first-order chi connectivity index (χ1) is 20.3. The fourth-order valence-corrected chi connectivity index (χ4v) is 7.05. The number of carboxylic acids is 1. The Labute approximate surface area is 242 Å². The summed E-state index contributed by atoms with van der Waals surface area (Å²) in [4.78, 5) is 34.5. The number of aromatic carboxylic acids is 1. The molecule has 0 bridgehead atoms. The molecule has 0 atom stereocenters. The summed E-state index contributed by atoms with van der Waals surface area (Å²) in [5.41, 5.74) is 5.40. The van der Waals surface area contributed by atoms with E-state index >= 15 is 0 Å². The molecular formula is C33H32FN5O3. The summed E-state index contributed by atoms with van der Waals surface area (Å²) in [6.45, 7) is 0. The molecule has 2 aliphatic carbocycles. The number of carbonyl (C=O) groups is 2. The average Bonchev–Trinajstić information content (AvgIpc) is 3.68. The molecule has 0 radical (unpaired) electrons. The molecule has 5 aromatic rings. The van der Waals surface area contributed by atoms with Crippen molar-refractivity contribution in [2.75, 3.05) is 0 Å². The van der Waals surface area contributed by atoms with Gasteiger partial charge in [-0.05, 0) is 86.1 Å². The lowest BCUT2D eigenvalue weighted by molar-refractivity contribution is 0.0696. The number of aryl methyl sites for hydroxylation is 2. The highest BCUT2D eigenvalue weighted by molar-refractivity contribution is 6.01. The Balaban J connectivity index is 1.27. The van der Waals surface area contributed by atoms with E-state index in [0.717, 1.165) is 65.7 Å². The summed E-state index contributed by atoms with van der Waals surface area (Å²) in [7, 11) is 3.89. The van der Waals surface area contributed by atoms with Crippen molar-refractivity contribution in [2.24, 2.45) is 14.1 Å². The third-order valence-electron chi connectivity index (χ3n) is 9.35. The van der Waals surface area contributed by atoms with E-state index in [4.69, 9.17) is 4.98 Å². The quantitative estimate of drug-likeness (QED) is 0.247. The van der Waals surface area contributed by atoms with Gasteiger partial charge >= 0.3 is 5.97 Å². The van der Waals surface area contributed by atoms with Gasteiger partial charge in [-0.15, -0.1) is 0 Å². The molecule has 2 fully saturated rings. The molecule has 8 nitrogen and oxygen atoms in total. The number of nitrogens with zero attached hydrogens (tertiary/aromatic N) is 4.